The lowest BCUT2D eigenvalue weighted by Gasteiger charge is -2.08. The standard InChI is InChI=1S/C14H21F2NO/c1-11(2)4-3-7-17-8-9-18-12-5-6-13(15)14(16)10-12/h5-6,10-11,17H,3-4,7-9H2,1-2H3. The van der Waals surface area contributed by atoms with Crippen LogP contribution >= 0.6 is 0 Å². The molecule has 0 aliphatic heterocycles. The van der Waals surface area contributed by atoms with Gasteiger partial charge in [0.25, 0.3) is 0 Å². The Bertz CT molecular complexity index is 356. The average Bonchev–Trinajstić information content (AvgIpc) is 2.32. The molecule has 102 valence electrons. The van der Waals surface area contributed by atoms with Crippen LogP contribution in [0.3, 0.4) is 0 Å². The minimum absolute atomic E-state index is 0.359. The van der Waals surface area contributed by atoms with Crippen LogP contribution in [-0.2, 0) is 0 Å². The number of nitrogens with one attached hydrogen (secondary N) is 1. The Kier molecular flexibility index (Phi) is 6.65. The highest BCUT2D eigenvalue weighted by atomic mass is 19.2. The van der Waals surface area contributed by atoms with Gasteiger partial charge in [0.2, 0.25) is 0 Å². The molecule has 0 heterocycles. The smallest absolute Gasteiger partial charge is 0.162 e. The van der Waals surface area contributed by atoms with Gasteiger partial charge in [0.15, 0.2) is 11.6 Å². The monoisotopic (exact) mass is 257 g/mol. The second kappa shape index (κ2) is 8.03. The van der Waals surface area contributed by atoms with Gasteiger partial charge in [-0.2, -0.15) is 0 Å². The molecular formula is C14H21F2NO. The van der Waals surface area contributed by atoms with E-state index in [1.807, 2.05) is 0 Å². The van der Waals surface area contributed by atoms with E-state index >= 15 is 0 Å². The summed E-state index contributed by atoms with van der Waals surface area (Å²) in [6, 6.07) is 3.56. The molecule has 0 spiro atoms. The maximum absolute atomic E-state index is 12.9. The number of halogens is 2. The predicted molar refractivity (Wildman–Crippen MR) is 68.8 cm³/mol. The van der Waals surface area contributed by atoms with Crippen molar-refractivity contribution in [2.75, 3.05) is 19.7 Å². The largest absolute Gasteiger partial charge is 0.492 e. The van der Waals surface area contributed by atoms with E-state index in [2.05, 4.69) is 19.2 Å². The quantitative estimate of drug-likeness (QED) is 0.721. The minimum atomic E-state index is -0.877. The summed E-state index contributed by atoms with van der Waals surface area (Å²) in [7, 11) is 0. The first-order valence-electron chi connectivity index (χ1n) is 6.38. The van der Waals surface area contributed by atoms with Gasteiger partial charge in [-0.3, -0.25) is 0 Å². The molecule has 18 heavy (non-hydrogen) atoms. The maximum atomic E-state index is 12.9. The molecule has 0 saturated carbocycles. The van der Waals surface area contributed by atoms with Gasteiger partial charge >= 0.3 is 0 Å². The fraction of sp³-hybridized carbons (Fsp3) is 0.571. The Hall–Kier alpha value is -1.16. The van der Waals surface area contributed by atoms with Crippen molar-refractivity contribution in [3.63, 3.8) is 0 Å². The molecule has 0 unspecified atom stereocenters. The molecule has 0 fully saturated rings. The molecule has 0 radical (unpaired) electrons. The zero-order valence-electron chi connectivity index (χ0n) is 11.0. The van der Waals surface area contributed by atoms with E-state index in [4.69, 9.17) is 4.74 Å². The number of benzene rings is 1. The third kappa shape index (κ3) is 5.96. The summed E-state index contributed by atoms with van der Waals surface area (Å²) in [4.78, 5) is 0. The van der Waals surface area contributed by atoms with Gasteiger partial charge in [-0.25, -0.2) is 8.78 Å². The van der Waals surface area contributed by atoms with E-state index in [-0.39, 0.29) is 0 Å². The Morgan fingerprint density at radius 3 is 2.61 bits per heavy atom. The Morgan fingerprint density at radius 2 is 1.94 bits per heavy atom. The lowest BCUT2D eigenvalue weighted by molar-refractivity contribution is 0.310. The third-order valence-corrected chi connectivity index (χ3v) is 2.57. The van der Waals surface area contributed by atoms with Crippen LogP contribution in [0, 0.1) is 17.6 Å². The summed E-state index contributed by atoms with van der Waals surface area (Å²) in [6.07, 6.45) is 2.35. The number of hydrogen-bond acceptors (Lipinski definition) is 2. The van der Waals surface area contributed by atoms with Crippen molar-refractivity contribution in [1.29, 1.82) is 0 Å². The van der Waals surface area contributed by atoms with Gasteiger partial charge in [0.05, 0.1) is 0 Å². The minimum Gasteiger partial charge on any atom is -0.492 e. The van der Waals surface area contributed by atoms with E-state index in [0.717, 1.165) is 31.0 Å². The van der Waals surface area contributed by atoms with Crippen molar-refractivity contribution in [1.82, 2.24) is 5.32 Å². The second-order valence-electron chi connectivity index (χ2n) is 4.71. The van der Waals surface area contributed by atoms with E-state index in [0.29, 0.717) is 18.9 Å². The molecule has 0 aromatic heterocycles. The molecule has 0 aliphatic rings. The van der Waals surface area contributed by atoms with Crippen LogP contribution < -0.4 is 10.1 Å². The highest BCUT2D eigenvalue weighted by Crippen LogP contribution is 2.14. The van der Waals surface area contributed by atoms with Crippen molar-refractivity contribution in [3.05, 3.63) is 29.8 Å². The zero-order valence-corrected chi connectivity index (χ0v) is 11.0. The summed E-state index contributed by atoms with van der Waals surface area (Å²) in [5.74, 6) is -0.644. The molecule has 0 aliphatic carbocycles. The van der Waals surface area contributed by atoms with Crippen molar-refractivity contribution in [2.24, 2.45) is 5.92 Å². The molecule has 1 rings (SSSR count). The van der Waals surface area contributed by atoms with Crippen LogP contribution in [0.5, 0.6) is 5.75 Å². The van der Waals surface area contributed by atoms with E-state index in [1.54, 1.807) is 0 Å². The van der Waals surface area contributed by atoms with Gasteiger partial charge in [0.1, 0.15) is 12.4 Å². The van der Waals surface area contributed by atoms with Gasteiger partial charge in [0, 0.05) is 12.6 Å². The van der Waals surface area contributed by atoms with Crippen LogP contribution in [0.1, 0.15) is 26.7 Å². The first-order valence-corrected chi connectivity index (χ1v) is 6.38. The number of rotatable bonds is 8. The number of hydrogen-bond donors (Lipinski definition) is 1. The van der Waals surface area contributed by atoms with Crippen LogP contribution in [-0.4, -0.2) is 19.7 Å². The Balaban J connectivity index is 2.09. The van der Waals surface area contributed by atoms with Crippen molar-refractivity contribution in [3.8, 4) is 5.75 Å². The molecule has 1 N–H and O–H groups in total. The molecule has 1 aromatic rings. The molecule has 0 saturated heterocycles. The summed E-state index contributed by atoms with van der Waals surface area (Å²) < 4.78 is 30.8. The zero-order chi connectivity index (χ0) is 13.4. The van der Waals surface area contributed by atoms with Crippen molar-refractivity contribution < 1.29 is 13.5 Å². The summed E-state index contributed by atoms with van der Waals surface area (Å²) in [6.45, 7) is 6.52. The van der Waals surface area contributed by atoms with Gasteiger partial charge < -0.3 is 10.1 Å². The fourth-order valence-electron chi connectivity index (χ4n) is 1.57. The van der Waals surface area contributed by atoms with Crippen LogP contribution in [0.15, 0.2) is 18.2 Å². The SMILES string of the molecule is CC(C)CCCNCCOc1ccc(F)c(F)c1. The van der Waals surface area contributed by atoms with Crippen molar-refractivity contribution >= 4 is 0 Å². The average molecular weight is 257 g/mol. The van der Waals surface area contributed by atoms with Gasteiger partial charge in [-0.15, -0.1) is 0 Å². The molecule has 0 atom stereocenters. The second-order valence-corrected chi connectivity index (χ2v) is 4.71. The first kappa shape index (κ1) is 14.9. The Morgan fingerprint density at radius 1 is 1.17 bits per heavy atom. The fourth-order valence-corrected chi connectivity index (χ4v) is 1.57. The molecule has 0 bridgehead atoms. The molecule has 4 heteroatoms. The van der Waals surface area contributed by atoms with Crippen molar-refractivity contribution in [2.45, 2.75) is 26.7 Å². The first-order chi connectivity index (χ1) is 8.59. The molecule has 0 amide bonds. The van der Waals surface area contributed by atoms with Crippen LogP contribution in [0.25, 0.3) is 0 Å². The maximum Gasteiger partial charge on any atom is 0.162 e. The van der Waals surface area contributed by atoms with Gasteiger partial charge in [-0.05, 0) is 37.4 Å². The van der Waals surface area contributed by atoms with E-state index < -0.39 is 11.6 Å². The topological polar surface area (TPSA) is 21.3 Å². The lowest BCUT2D eigenvalue weighted by Crippen LogP contribution is -2.22. The van der Waals surface area contributed by atoms with E-state index in [1.165, 1.54) is 12.5 Å². The van der Waals surface area contributed by atoms with Gasteiger partial charge in [-0.1, -0.05) is 13.8 Å². The summed E-state index contributed by atoms with van der Waals surface area (Å²) >= 11 is 0. The molecular weight excluding hydrogens is 236 g/mol. The highest BCUT2D eigenvalue weighted by molar-refractivity contribution is 5.23. The lowest BCUT2D eigenvalue weighted by atomic mass is 10.1. The summed E-state index contributed by atoms with van der Waals surface area (Å²) in [5, 5.41) is 3.24. The van der Waals surface area contributed by atoms with E-state index in [9.17, 15) is 8.78 Å². The Labute approximate surface area is 107 Å². The van der Waals surface area contributed by atoms with Crippen LogP contribution in [0.4, 0.5) is 8.78 Å². The number of ether oxygens (including phenoxy) is 1. The normalized spacial score (nSPS) is 10.9. The third-order valence-electron chi connectivity index (χ3n) is 2.57. The van der Waals surface area contributed by atoms with Crippen LogP contribution in [0.2, 0.25) is 0 Å². The highest BCUT2D eigenvalue weighted by Gasteiger charge is 2.02. The summed E-state index contributed by atoms with van der Waals surface area (Å²) in [5.41, 5.74) is 0. The molecule has 2 nitrogen and oxygen atoms in total. The predicted octanol–water partition coefficient (Wildman–Crippen LogP) is 3.37. The molecule has 1 aromatic carbocycles.